The molecule has 0 aliphatic carbocycles. The summed E-state index contributed by atoms with van der Waals surface area (Å²) in [5, 5.41) is 4.25. The molecule has 2 N–H and O–H groups in total. The zero-order chi connectivity index (χ0) is 14.8. The number of nitrogens with zero attached hydrogens (tertiary/aromatic N) is 5. The molecule has 0 aromatic carbocycles. The molecule has 8 heteroatoms. The molecule has 1 aromatic heterocycles. The van der Waals surface area contributed by atoms with E-state index in [1.807, 2.05) is 16.5 Å². The van der Waals surface area contributed by atoms with E-state index in [9.17, 15) is 0 Å². The van der Waals surface area contributed by atoms with Crippen LogP contribution in [0.25, 0.3) is 0 Å². The highest BCUT2D eigenvalue weighted by Gasteiger charge is 2.20. The third-order valence-electron chi connectivity index (χ3n) is 3.20. The van der Waals surface area contributed by atoms with E-state index < -0.39 is 0 Å². The number of morpholine rings is 1. The van der Waals surface area contributed by atoms with Gasteiger partial charge in [0.15, 0.2) is 5.96 Å². The first kappa shape index (κ1) is 18.1. The van der Waals surface area contributed by atoms with Gasteiger partial charge in [-0.15, -0.1) is 24.0 Å². The summed E-state index contributed by atoms with van der Waals surface area (Å²) < 4.78 is 7.37. The minimum absolute atomic E-state index is 0. The maximum absolute atomic E-state index is 6.05. The molecule has 0 radical (unpaired) electrons. The molecule has 0 amide bonds. The molecule has 0 spiro atoms. The molecule has 120 valence electrons. The Morgan fingerprint density at radius 2 is 2.24 bits per heavy atom. The van der Waals surface area contributed by atoms with Gasteiger partial charge in [0, 0.05) is 13.1 Å². The molecule has 1 saturated heterocycles. The molecule has 1 aliphatic rings. The lowest BCUT2D eigenvalue weighted by atomic mass is 10.1. The van der Waals surface area contributed by atoms with Crippen LogP contribution in [-0.2, 0) is 16.8 Å². The zero-order valence-corrected chi connectivity index (χ0v) is 15.4. The molecule has 21 heavy (non-hydrogen) atoms. The third kappa shape index (κ3) is 4.80. The van der Waals surface area contributed by atoms with Crippen LogP contribution >= 0.6 is 24.0 Å². The summed E-state index contributed by atoms with van der Waals surface area (Å²) in [6.45, 7) is 11.0. The molecule has 7 nitrogen and oxygen atoms in total. The van der Waals surface area contributed by atoms with E-state index >= 15 is 0 Å². The Hall–Kier alpha value is -0.900. The van der Waals surface area contributed by atoms with E-state index in [-0.39, 0.29) is 35.6 Å². The Bertz CT molecular complexity index is 481. The summed E-state index contributed by atoms with van der Waals surface area (Å²) in [4.78, 5) is 10.7. The van der Waals surface area contributed by atoms with E-state index in [1.54, 1.807) is 6.33 Å². The second kappa shape index (κ2) is 7.39. The Labute approximate surface area is 143 Å². The minimum atomic E-state index is -0.108. The number of aliphatic imine (C=N–C) groups is 1. The van der Waals surface area contributed by atoms with E-state index in [2.05, 4.69) is 35.8 Å². The van der Waals surface area contributed by atoms with Gasteiger partial charge in [0.25, 0.3) is 0 Å². The zero-order valence-electron chi connectivity index (χ0n) is 13.1. The number of hydrogen-bond donors (Lipinski definition) is 1. The predicted octanol–water partition coefficient (Wildman–Crippen LogP) is 1.19. The van der Waals surface area contributed by atoms with Gasteiger partial charge in [-0.05, 0) is 27.7 Å². The molecule has 1 aliphatic heterocycles. The maximum atomic E-state index is 6.05. The third-order valence-corrected chi connectivity index (χ3v) is 3.20. The predicted molar refractivity (Wildman–Crippen MR) is 92.7 cm³/mol. The molecule has 0 saturated carbocycles. The van der Waals surface area contributed by atoms with Crippen LogP contribution in [0.4, 0.5) is 0 Å². The van der Waals surface area contributed by atoms with Crippen LogP contribution in [0.15, 0.2) is 11.3 Å². The number of guanidine groups is 1. The van der Waals surface area contributed by atoms with Crippen LogP contribution in [0.2, 0.25) is 0 Å². The fraction of sp³-hybridized carbons (Fsp3) is 0.769. The molecule has 0 bridgehead atoms. The second-order valence-corrected chi connectivity index (χ2v) is 6.06. The maximum Gasteiger partial charge on any atom is 0.191 e. The van der Waals surface area contributed by atoms with Crippen molar-refractivity contribution in [3.8, 4) is 0 Å². The van der Waals surface area contributed by atoms with Crippen molar-refractivity contribution in [2.24, 2.45) is 10.7 Å². The first-order chi connectivity index (χ1) is 9.38. The quantitative estimate of drug-likeness (QED) is 0.452. The largest absolute Gasteiger partial charge is 0.375 e. The highest BCUT2D eigenvalue weighted by atomic mass is 127. The molecule has 1 atom stereocenters. The van der Waals surface area contributed by atoms with Crippen molar-refractivity contribution in [1.29, 1.82) is 0 Å². The van der Waals surface area contributed by atoms with Gasteiger partial charge in [0.2, 0.25) is 0 Å². The van der Waals surface area contributed by atoms with Crippen LogP contribution in [0.5, 0.6) is 0 Å². The van der Waals surface area contributed by atoms with Crippen LogP contribution in [0.1, 0.15) is 33.5 Å². The summed E-state index contributed by atoms with van der Waals surface area (Å²) >= 11 is 0. The van der Waals surface area contributed by atoms with Crippen LogP contribution in [0.3, 0.4) is 0 Å². The lowest BCUT2D eigenvalue weighted by Gasteiger charge is -2.31. The topological polar surface area (TPSA) is 81.6 Å². The fourth-order valence-electron chi connectivity index (χ4n) is 2.21. The lowest BCUT2D eigenvalue weighted by Crippen LogP contribution is -2.47. The summed E-state index contributed by atoms with van der Waals surface area (Å²) in [6, 6.07) is 0. The van der Waals surface area contributed by atoms with Crippen molar-refractivity contribution < 1.29 is 4.74 Å². The number of nitrogens with two attached hydrogens (primary N) is 1. The van der Waals surface area contributed by atoms with E-state index in [0.29, 0.717) is 19.1 Å². The van der Waals surface area contributed by atoms with E-state index in [1.165, 1.54) is 0 Å². The van der Waals surface area contributed by atoms with E-state index in [4.69, 9.17) is 10.5 Å². The minimum Gasteiger partial charge on any atom is -0.375 e. The summed E-state index contributed by atoms with van der Waals surface area (Å²) in [5.41, 5.74) is 5.94. The van der Waals surface area contributed by atoms with Gasteiger partial charge in [-0.2, -0.15) is 5.10 Å². The fourth-order valence-corrected chi connectivity index (χ4v) is 2.21. The first-order valence-electron chi connectivity index (χ1n) is 6.94. The average molecular weight is 408 g/mol. The Balaban J connectivity index is 0.00000220. The van der Waals surface area contributed by atoms with Gasteiger partial charge in [0.1, 0.15) is 18.7 Å². The van der Waals surface area contributed by atoms with Crippen LogP contribution in [0, 0.1) is 0 Å². The smallest absolute Gasteiger partial charge is 0.191 e. The molecule has 2 rings (SSSR count). The second-order valence-electron chi connectivity index (χ2n) is 6.06. The standard InChI is InChI=1S/C13H24N6O.HI/c1-10-8-18(5-6-20-10)12(14)15-7-11-16-9-17-19(11)13(2,3)4;/h9-10H,5-8H2,1-4H3,(H2,14,15);1H. The average Bonchev–Trinajstić information content (AvgIpc) is 2.84. The Morgan fingerprint density at radius 1 is 1.52 bits per heavy atom. The van der Waals surface area contributed by atoms with Gasteiger partial charge in [-0.1, -0.05) is 0 Å². The van der Waals surface area contributed by atoms with Crippen molar-refractivity contribution in [1.82, 2.24) is 19.7 Å². The van der Waals surface area contributed by atoms with Crippen molar-refractivity contribution >= 4 is 29.9 Å². The van der Waals surface area contributed by atoms with Crippen molar-refractivity contribution in [2.75, 3.05) is 19.7 Å². The van der Waals surface area contributed by atoms with E-state index in [0.717, 1.165) is 18.9 Å². The molecule has 1 aromatic rings. The molecule has 1 unspecified atom stereocenters. The van der Waals surface area contributed by atoms with Crippen molar-refractivity contribution in [3.63, 3.8) is 0 Å². The highest BCUT2D eigenvalue weighted by Crippen LogP contribution is 2.14. The summed E-state index contributed by atoms with van der Waals surface area (Å²) in [6.07, 6.45) is 1.75. The number of aromatic nitrogens is 3. The van der Waals surface area contributed by atoms with Gasteiger partial charge in [0.05, 0.1) is 18.2 Å². The van der Waals surface area contributed by atoms with Crippen molar-refractivity contribution in [3.05, 3.63) is 12.2 Å². The number of ether oxygens (including phenoxy) is 1. The van der Waals surface area contributed by atoms with Crippen LogP contribution in [-0.4, -0.2) is 51.4 Å². The monoisotopic (exact) mass is 408 g/mol. The first-order valence-corrected chi connectivity index (χ1v) is 6.94. The molecular formula is C13H25IN6O. The number of rotatable bonds is 2. The lowest BCUT2D eigenvalue weighted by molar-refractivity contribution is 0.00528. The summed E-state index contributed by atoms with van der Waals surface area (Å²) in [7, 11) is 0. The van der Waals surface area contributed by atoms with Gasteiger partial charge in [-0.25, -0.2) is 14.7 Å². The molecule has 2 heterocycles. The molecule has 1 fully saturated rings. The Kier molecular flexibility index (Phi) is 6.39. The van der Waals surface area contributed by atoms with Gasteiger partial charge >= 0.3 is 0 Å². The highest BCUT2D eigenvalue weighted by molar-refractivity contribution is 14.0. The normalized spacial score (nSPS) is 20.3. The van der Waals surface area contributed by atoms with Gasteiger partial charge < -0.3 is 15.4 Å². The number of halogens is 1. The Morgan fingerprint density at radius 3 is 2.86 bits per heavy atom. The van der Waals surface area contributed by atoms with Crippen LogP contribution < -0.4 is 5.73 Å². The van der Waals surface area contributed by atoms with Gasteiger partial charge in [-0.3, -0.25) is 0 Å². The SMILES string of the molecule is CC1CN(C(N)=NCc2ncnn2C(C)(C)C)CCO1.I. The van der Waals surface area contributed by atoms with Crippen molar-refractivity contribution in [2.45, 2.75) is 45.9 Å². The number of hydrogen-bond acceptors (Lipinski definition) is 4. The summed E-state index contributed by atoms with van der Waals surface area (Å²) in [5.74, 6) is 1.37. The molecular weight excluding hydrogens is 383 g/mol.